The van der Waals surface area contributed by atoms with Crippen molar-refractivity contribution in [1.82, 2.24) is 4.68 Å². The van der Waals surface area contributed by atoms with Crippen LogP contribution in [-0.4, -0.2) is 24.3 Å². The molecule has 0 aliphatic rings. The second-order valence-corrected chi connectivity index (χ2v) is 2.37. The van der Waals surface area contributed by atoms with Crippen LogP contribution in [0.2, 0.25) is 0 Å². The van der Waals surface area contributed by atoms with Gasteiger partial charge in [-0.2, -0.15) is 0 Å². The molecule has 0 saturated heterocycles. The zero-order valence-electron chi connectivity index (χ0n) is 9.49. The lowest BCUT2D eigenvalue weighted by molar-refractivity contribution is 0.0539. The number of nitrogens with zero attached hydrogens (tertiary/aromatic N) is 1. The first-order valence-corrected chi connectivity index (χ1v) is 4.92. The number of esters is 1. The maximum absolute atomic E-state index is 11.3. The fraction of sp³-hybridized carbons (Fsp3) is 0.364. The molecule has 4 heteroatoms. The molecule has 1 heterocycles. The molecule has 0 unspecified atom stereocenters. The van der Waals surface area contributed by atoms with Crippen molar-refractivity contribution in [2.75, 3.05) is 19.1 Å². The van der Waals surface area contributed by atoms with E-state index in [0.717, 1.165) is 0 Å². The standard InChI is InChI=1S/C9H12N2O2.C2H6/c1-3-7-13-9(12)8-5-4-6-11(8)10-2;1-2/h3-6,10H,1,7H2,2H3;1-2H3. The van der Waals surface area contributed by atoms with Gasteiger partial charge in [0.05, 0.1) is 0 Å². The van der Waals surface area contributed by atoms with E-state index in [1.807, 2.05) is 13.8 Å². The van der Waals surface area contributed by atoms with E-state index in [2.05, 4.69) is 12.0 Å². The highest BCUT2D eigenvalue weighted by molar-refractivity contribution is 5.87. The van der Waals surface area contributed by atoms with E-state index in [0.29, 0.717) is 5.69 Å². The van der Waals surface area contributed by atoms with Crippen LogP contribution in [0.3, 0.4) is 0 Å². The minimum Gasteiger partial charge on any atom is -0.457 e. The number of rotatable bonds is 4. The number of hydrogen-bond donors (Lipinski definition) is 1. The first-order valence-electron chi connectivity index (χ1n) is 4.92. The summed E-state index contributed by atoms with van der Waals surface area (Å²) < 4.78 is 6.45. The van der Waals surface area contributed by atoms with Crippen molar-refractivity contribution in [3.05, 3.63) is 36.7 Å². The van der Waals surface area contributed by atoms with Crippen molar-refractivity contribution in [2.24, 2.45) is 0 Å². The summed E-state index contributed by atoms with van der Waals surface area (Å²) in [4.78, 5) is 11.3. The molecule has 1 aromatic rings. The third kappa shape index (κ3) is 3.89. The molecule has 0 spiro atoms. The third-order valence-electron chi connectivity index (χ3n) is 1.53. The van der Waals surface area contributed by atoms with Gasteiger partial charge in [0.15, 0.2) is 0 Å². The van der Waals surface area contributed by atoms with Gasteiger partial charge in [0.25, 0.3) is 0 Å². The molecule has 0 aliphatic carbocycles. The topological polar surface area (TPSA) is 43.3 Å². The molecule has 0 fully saturated rings. The lowest BCUT2D eigenvalue weighted by atomic mass is 10.4. The van der Waals surface area contributed by atoms with E-state index in [9.17, 15) is 4.79 Å². The van der Waals surface area contributed by atoms with Gasteiger partial charge < -0.3 is 10.2 Å². The lowest BCUT2D eigenvalue weighted by Crippen LogP contribution is -2.17. The van der Waals surface area contributed by atoms with Crippen molar-refractivity contribution in [3.63, 3.8) is 0 Å². The SMILES string of the molecule is C=CCOC(=O)c1cccn1NC.CC. The molecule has 0 amide bonds. The van der Waals surface area contributed by atoms with Crippen molar-refractivity contribution < 1.29 is 9.53 Å². The Morgan fingerprint density at radius 1 is 1.67 bits per heavy atom. The zero-order chi connectivity index (χ0) is 11.7. The van der Waals surface area contributed by atoms with Crippen LogP contribution < -0.4 is 5.43 Å². The average molecular weight is 210 g/mol. The van der Waals surface area contributed by atoms with Gasteiger partial charge in [0, 0.05) is 13.2 Å². The Hall–Kier alpha value is -1.71. The number of carbonyl (C=O) groups is 1. The van der Waals surface area contributed by atoms with Crippen LogP contribution >= 0.6 is 0 Å². The summed E-state index contributed by atoms with van der Waals surface area (Å²) in [7, 11) is 1.73. The first-order chi connectivity index (χ1) is 7.29. The predicted octanol–water partition coefficient (Wildman–Crippen LogP) is 2.03. The maximum Gasteiger partial charge on any atom is 0.357 e. The minimum absolute atomic E-state index is 0.230. The van der Waals surface area contributed by atoms with E-state index in [-0.39, 0.29) is 12.6 Å². The first kappa shape index (κ1) is 13.3. The molecular formula is C11H18N2O2. The normalized spacial score (nSPS) is 8.47. The molecule has 0 radical (unpaired) electrons. The second kappa shape index (κ2) is 7.67. The molecular weight excluding hydrogens is 192 g/mol. The van der Waals surface area contributed by atoms with Gasteiger partial charge in [-0.1, -0.05) is 26.5 Å². The molecule has 1 aromatic heterocycles. The number of ether oxygens (including phenoxy) is 1. The van der Waals surface area contributed by atoms with Crippen LogP contribution in [0.1, 0.15) is 24.3 Å². The molecule has 0 aromatic carbocycles. The van der Waals surface area contributed by atoms with Crippen LogP contribution in [0.4, 0.5) is 0 Å². The molecule has 4 nitrogen and oxygen atoms in total. The van der Waals surface area contributed by atoms with E-state index in [4.69, 9.17) is 4.74 Å². The Morgan fingerprint density at radius 3 is 2.87 bits per heavy atom. The number of hydrogen-bond acceptors (Lipinski definition) is 3. The van der Waals surface area contributed by atoms with Crippen molar-refractivity contribution in [3.8, 4) is 0 Å². The van der Waals surface area contributed by atoms with Crippen molar-refractivity contribution >= 4 is 5.97 Å². The van der Waals surface area contributed by atoms with Crippen molar-refractivity contribution in [1.29, 1.82) is 0 Å². The van der Waals surface area contributed by atoms with Gasteiger partial charge in [-0.3, -0.25) is 4.68 Å². The predicted molar refractivity (Wildman–Crippen MR) is 61.5 cm³/mol. The summed E-state index contributed by atoms with van der Waals surface area (Å²) in [5.41, 5.74) is 3.30. The van der Waals surface area contributed by atoms with Crippen LogP contribution in [0.5, 0.6) is 0 Å². The van der Waals surface area contributed by atoms with Crippen LogP contribution in [0.15, 0.2) is 31.0 Å². The molecule has 0 bridgehead atoms. The van der Waals surface area contributed by atoms with Crippen LogP contribution in [0.25, 0.3) is 0 Å². The Bertz CT molecular complexity index is 305. The Morgan fingerprint density at radius 2 is 2.33 bits per heavy atom. The fourth-order valence-electron chi connectivity index (χ4n) is 0.951. The van der Waals surface area contributed by atoms with Gasteiger partial charge in [0.2, 0.25) is 0 Å². The molecule has 0 aliphatic heterocycles. The van der Waals surface area contributed by atoms with Crippen molar-refractivity contribution in [2.45, 2.75) is 13.8 Å². The summed E-state index contributed by atoms with van der Waals surface area (Å²) >= 11 is 0. The minimum atomic E-state index is -0.362. The quantitative estimate of drug-likeness (QED) is 0.611. The monoisotopic (exact) mass is 210 g/mol. The Balaban J connectivity index is 0.000000921. The highest BCUT2D eigenvalue weighted by Gasteiger charge is 2.10. The highest BCUT2D eigenvalue weighted by Crippen LogP contribution is 2.01. The number of nitrogens with one attached hydrogen (secondary N) is 1. The van der Waals surface area contributed by atoms with E-state index < -0.39 is 0 Å². The number of carbonyl (C=O) groups excluding carboxylic acids is 1. The third-order valence-corrected chi connectivity index (χ3v) is 1.53. The Labute approximate surface area is 90.5 Å². The van der Waals surface area contributed by atoms with Crippen LogP contribution in [-0.2, 0) is 4.74 Å². The maximum atomic E-state index is 11.3. The molecule has 1 N–H and O–H groups in total. The average Bonchev–Trinajstić information content (AvgIpc) is 2.76. The van der Waals surface area contributed by atoms with Gasteiger partial charge >= 0.3 is 5.97 Å². The summed E-state index contributed by atoms with van der Waals surface area (Å²) in [6.45, 7) is 7.69. The molecule has 15 heavy (non-hydrogen) atoms. The second-order valence-electron chi connectivity index (χ2n) is 2.37. The molecule has 1 rings (SSSR count). The van der Waals surface area contributed by atoms with Gasteiger partial charge in [-0.25, -0.2) is 4.79 Å². The summed E-state index contributed by atoms with van der Waals surface area (Å²) in [5.74, 6) is -0.362. The highest BCUT2D eigenvalue weighted by atomic mass is 16.5. The Kier molecular flexibility index (Phi) is 6.80. The van der Waals surface area contributed by atoms with E-state index in [1.54, 1.807) is 30.1 Å². The number of aromatic nitrogens is 1. The van der Waals surface area contributed by atoms with E-state index in [1.165, 1.54) is 6.08 Å². The fourth-order valence-corrected chi connectivity index (χ4v) is 0.951. The summed E-state index contributed by atoms with van der Waals surface area (Å²) in [6, 6.07) is 3.45. The largest absolute Gasteiger partial charge is 0.457 e. The lowest BCUT2D eigenvalue weighted by Gasteiger charge is -2.06. The van der Waals surface area contributed by atoms with Gasteiger partial charge in [0.1, 0.15) is 12.3 Å². The smallest absolute Gasteiger partial charge is 0.357 e. The van der Waals surface area contributed by atoms with Crippen LogP contribution in [0, 0.1) is 0 Å². The molecule has 0 atom stereocenters. The molecule has 0 saturated carbocycles. The van der Waals surface area contributed by atoms with E-state index >= 15 is 0 Å². The summed E-state index contributed by atoms with van der Waals surface area (Å²) in [6.07, 6.45) is 3.27. The van der Waals surface area contributed by atoms with Gasteiger partial charge in [-0.15, -0.1) is 0 Å². The van der Waals surface area contributed by atoms with Gasteiger partial charge in [-0.05, 0) is 12.1 Å². The zero-order valence-corrected chi connectivity index (χ0v) is 9.49. The summed E-state index contributed by atoms with van der Waals surface area (Å²) in [5, 5.41) is 0. The molecule has 84 valence electrons.